The third-order valence-corrected chi connectivity index (χ3v) is 3.32. The summed E-state index contributed by atoms with van der Waals surface area (Å²) in [6.07, 6.45) is 1.97. The van der Waals surface area contributed by atoms with E-state index in [1.54, 1.807) is 0 Å². The van der Waals surface area contributed by atoms with Crippen LogP contribution in [0.4, 0.5) is 5.82 Å². The van der Waals surface area contributed by atoms with Gasteiger partial charge in [0.25, 0.3) is 0 Å². The first-order chi connectivity index (χ1) is 10.2. The fraction of sp³-hybridized carbons (Fsp3) is 0.375. The van der Waals surface area contributed by atoms with Crippen molar-refractivity contribution in [2.24, 2.45) is 5.73 Å². The first-order valence-corrected chi connectivity index (χ1v) is 7.64. The lowest BCUT2D eigenvalue weighted by Gasteiger charge is -2.12. The highest BCUT2D eigenvalue weighted by atomic mass is 32.1. The number of nitrogens with zero attached hydrogens (tertiary/aromatic N) is 1. The summed E-state index contributed by atoms with van der Waals surface area (Å²) in [4.78, 5) is 4.97. The number of hydrogen-bond donors (Lipinski definition) is 2. The second-order valence-electron chi connectivity index (χ2n) is 4.83. The highest BCUT2D eigenvalue weighted by Crippen LogP contribution is 2.20. The second-order valence-corrected chi connectivity index (χ2v) is 5.27. The van der Waals surface area contributed by atoms with Gasteiger partial charge in [-0.1, -0.05) is 37.3 Å². The zero-order chi connectivity index (χ0) is 15.1. The Morgan fingerprint density at radius 2 is 2.14 bits per heavy atom. The maximum absolute atomic E-state index is 5.80. The quantitative estimate of drug-likeness (QED) is 0.579. The van der Waals surface area contributed by atoms with E-state index in [1.807, 2.05) is 30.3 Å². The summed E-state index contributed by atoms with van der Waals surface area (Å²) >= 11 is 5.12. The van der Waals surface area contributed by atoms with Gasteiger partial charge in [-0.15, -0.1) is 0 Å². The van der Waals surface area contributed by atoms with Crippen LogP contribution < -0.4 is 11.1 Å². The molecule has 112 valence electrons. The Kier molecular flexibility index (Phi) is 5.90. The number of fused-ring (bicyclic) bond motifs is 1. The Morgan fingerprint density at radius 1 is 1.33 bits per heavy atom. The molecule has 0 radical (unpaired) electrons. The molecule has 1 aromatic heterocycles. The van der Waals surface area contributed by atoms with E-state index in [9.17, 15) is 0 Å². The Labute approximate surface area is 130 Å². The summed E-state index contributed by atoms with van der Waals surface area (Å²) in [6.45, 7) is 4.44. The van der Waals surface area contributed by atoms with Crippen molar-refractivity contribution in [3.63, 3.8) is 0 Å². The molecule has 0 unspecified atom stereocenters. The number of nitrogens with two attached hydrogens (primary N) is 1. The highest BCUT2D eigenvalue weighted by Gasteiger charge is 2.08. The number of thiocarbonyl (C=S) groups is 1. The minimum absolute atomic E-state index is 0.359. The zero-order valence-corrected chi connectivity index (χ0v) is 13.1. The summed E-state index contributed by atoms with van der Waals surface area (Å²) in [5.74, 6) is 0.747. The van der Waals surface area contributed by atoms with E-state index in [0.29, 0.717) is 4.99 Å². The lowest BCUT2D eigenvalue weighted by atomic mass is 10.1. The minimum Gasteiger partial charge on any atom is -0.389 e. The Hall–Kier alpha value is -1.72. The molecule has 0 saturated carbocycles. The summed E-state index contributed by atoms with van der Waals surface area (Å²) < 4.78 is 5.46. The molecule has 0 fully saturated rings. The number of hydrogen-bond acceptors (Lipinski definition) is 4. The molecule has 0 aliphatic heterocycles. The molecule has 2 aromatic rings. The third-order valence-electron chi connectivity index (χ3n) is 3.10. The SMILES string of the molecule is CCCOCCCNc1nc2ccccc2cc1C(N)=S. The Balaban J connectivity index is 2.06. The van der Waals surface area contributed by atoms with Crippen LogP contribution >= 0.6 is 12.2 Å². The van der Waals surface area contributed by atoms with Crippen molar-refractivity contribution < 1.29 is 4.74 Å². The van der Waals surface area contributed by atoms with Crippen molar-refractivity contribution in [3.05, 3.63) is 35.9 Å². The van der Waals surface area contributed by atoms with Crippen LogP contribution in [-0.2, 0) is 4.74 Å². The van der Waals surface area contributed by atoms with Crippen LogP contribution in [0.5, 0.6) is 0 Å². The van der Waals surface area contributed by atoms with E-state index in [2.05, 4.69) is 17.2 Å². The third kappa shape index (κ3) is 4.37. The molecule has 5 heteroatoms. The minimum atomic E-state index is 0.359. The van der Waals surface area contributed by atoms with Crippen LogP contribution in [-0.4, -0.2) is 29.7 Å². The molecular weight excluding hydrogens is 282 g/mol. The molecule has 0 bridgehead atoms. The van der Waals surface area contributed by atoms with Crippen LogP contribution in [0.2, 0.25) is 0 Å². The van der Waals surface area contributed by atoms with Gasteiger partial charge in [-0.05, 0) is 25.0 Å². The molecule has 1 heterocycles. The first-order valence-electron chi connectivity index (χ1n) is 7.23. The molecule has 0 saturated heterocycles. The first kappa shape index (κ1) is 15.7. The molecule has 0 atom stereocenters. The Morgan fingerprint density at radius 3 is 2.90 bits per heavy atom. The summed E-state index contributed by atoms with van der Waals surface area (Å²) in [6, 6.07) is 9.92. The predicted molar refractivity (Wildman–Crippen MR) is 91.8 cm³/mol. The maximum Gasteiger partial charge on any atom is 0.136 e. The number of pyridine rings is 1. The lowest BCUT2D eigenvalue weighted by molar-refractivity contribution is 0.134. The van der Waals surface area contributed by atoms with Gasteiger partial charge in [-0.3, -0.25) is 0 Å². The molecule has 0 aliphatic rings. The van der Waals surface area contributed by atoms with Gasteiger partial charge in [0.15, 0.2) is 0 Å². The van der Waals surface area contributed by atoms with E-state index in [0.717, 1.165) is 54.9 Å². The topological polar surface area (TPSA) is 60.2 Å². The van der Waals surface area contributed by atoms with Gasteiger partial charge in [-0.2, -0.15) is 0 Å². The van der Waals surface area contributed by atoms with Gasteiger partial charge in [-0.25, -0.2) is 4.98 Å². The molecule has 2 rings (SSSR count). The molecule has 4 nitrogen and oxygen atoms in total. The second kappa shape index (κ2) is 7.90. The van der Waals surface area contributed by atoms with Gasteiger partial charge in [0.1, 0.15) is 10.8 Å². The number of benzene rings is 1. The van der Waals surface area contributed by atoms with Gasteiger partial charge >= 0.3 is 0 Å². The summed E-state index contributed by atoms with van der Waals surface area (Å²) in [7, 11) is 0. The number of nitrogens with one attached hydrogen (secondary N) is 1. The zero-order valence-electron chi connectivity index (χ0n) is 12.3. The predicted octanol–water partition coefficient (Wildman–Crippen LogP) is 3.10. The van der Waals surface area contributed by atoms with E-state index in [-0.39, 0.29) is 0 Å². The van der Waals surface area contributed by atoms with Crippen molar-refractivity contribution in [1.82, 2.24) is 4.98 Å². The number of ether oxygens (including phenoxy) is 1. The van der Waals surface area contributed by atoms with Crippen molar-refractivity contribution in [2.75, 3.05) is 25.1 Å². The summed E-state index contributed by atoms with van der Waals surface area (Å²) in [5, 5.41) is 4.34. The van der Waals surface area contributed by atoms with Crippen LogP contribution in [0.25, 0.3) is 10.9 Å². The molecule has 21 heavy (non-hydrogen) atoms. The van der Waals surface area contributed by atoms with Crippen LogP contribution in [0.1, 0.15) is 25.3 Å². The van der Waals surface area contributed by atoms with Crippen molar-refractivity contribution in [3.8, 4) is 0 Å². The van der Waals surface area contributed by atoms with E-state index in [1.165, 1.54) is 0 Å². The largest absolute Gasteiger partial charge is 0.389 e. The smallest absolute Gasteiger partial charge is 0.136 e. The van der Waals surface area contributed by atoms with Crippen molar-refractivity contribution >= 4 is 33.9 Å². The normalized spacial score (nSPS) is 10.7. The molecule has 0 amide bonds. The fourth-order valence-electron chi connectivity index (χ4n) is 2.07. The van der Waals surface area contributed by atoms with Gasteiger partial charge in [0, 0.05) is 25.1 Å². The van der Waals surface area contributed by atoms with E-state index >= 15 is 0 Å². The molecule has 3 N–H and O–H groups in total. The number of anilines is 1. The summed E-state index contributed by atoms with van der Waals surface area (Å²) in [5.41, 5.74) is 7.52. The highest BCUT2D eigenvalue weighted by molar-refractivity contribution is 7.80. The average Bonchev–Trinajstić information content (AvgIpc) is 2.49. The number of para-hydroxylation sites is 1. The lowest BCUT2D eigenvalue weighted by Crippen LogP contribution is -2.16. The Bertz CT molecular complexity index is 615. The fourth-order valence-corrected chi connectivity index (χ4v) is 2.22. The van der Waals surface area contributed by atoms with Crippen LogP contribution in [0.3, 0.4) is 0 Å². The van der Waals surface area contributed by atoms with E-state index in [4.69, 9.17) is 22.7 Å². The van der Waals surface area contributed by atoms with Crippen molar-refractivity contribution in [1.29, 1.82) is 0 Å². The monoisotopic (exact) mass is 303 g/mol. The molecule has 1 aromatic carbocycles. The molecule has 0 spiro atoms. The van der Waals surface area contributed by atoms with Gasteiger partial charge in [0.05, 0.1) is 11.1 Å². The van der Waals surface area contributed by atoms with Crippen LogP contribution in [0, 0.1) is 0 Å². The molecular formula is C16H21N3OS. The standard InChI is InChI=1S/C16H21N3OS/c1-2-9-20-10-5-8-18-16-13(15(17)21)11-12-6-3-4-7-14(12)19-16/h3-4,6-7,11H,2,5,8-10H2,1H3,(H2,17,21)(H,18,19). The average molecular weight is 303 g/mol. The van der Waals surface area contributed by atoms with Crippen molar-refractivity contribution in [2.45, 2.75) is 19.8 Å². The van der Waals surface area contributed by atoms with Gasteiger partial charge < -0.3 is 15.8 Å². The maximum atomic E-state index is 5.80. The van der Waals surface area contributed by atoms with Crippen LogP contribution in [0.15, 0.2) is 30.3 Å². The van der Waals surface area contributed by atoms with E-state index < -0.39 is 0 Å². The van der Waals surface area contributed by atoms with Gasteiger partial charge in [0.2, 0.25) is 0 Å². The number of rotatable bonds is 8. The number of aromatic nitrogens is 1. The molecule has 0 aliphatic carbocycles.